The zero-order valence-corrected chi connectivity index (χ0v) is 11.9. The Morgan fingerprint density at radius 3 is 2.33 bits per heavy atom. The van der Waals surface area contributed by atoms with Gasteiger partial charge in [-0.1, -0.05) is 39.3 Å². The Labute approximate surface area is 111 Å². The van der Waals surface area contributed by atoms with Gasteiger partial charge in [0.05, 0.1) is 0 Å². The minimum atomic E-state index is -0.149. The lowest BCUT2D eigenvalue weighted by Crippen LogP contribution is -2.24. The van der Waals surface area contributed by atoms with Gasteiger partial charge in [0.15, 0.2) is 0 Å². The fourth-order valence-electron chi connectivity index (χ4n) is 2.15. The van der Waals surface area contributed by atoms with Gasteiger partial charge in [-0.2, -0.15) is 0 Å². The van der Waals surface area contributed by atoms with Gasteiger partial charge < -0.3 is 5.32 Å². The third-order valence-electron chi connectivity index (χ3n) is 3.27. The first-order valence-corrected chi connectivity index (χ1v) is 7.07. The first-order chi connectivity index (χ1) is 8.61. The maximum atomic E-state index is 12.9. The van der Waals surface area contributed by atoms with Gasteiger partial charge in [-0.3, -0.25) is 0 Å². The van der Waals surface area contributed by atoms with Gasteiger partial charge in [0, 0.05) is 0 Å². The number of rotatable bonds is 8. The molecule has 0 spiro atoms. The Morgan fingerprint density at radius 1 is 1.11 bits per heavy atom. The standard InChI is InChI=1S/C16H26FN/c1-4-18-12-15(6-5-13(2)3)11-14-7-9-16(17)10-8-14/h7-10,13,15,18H,4-6,11-12H2,1-3H3. The molecule has 18 heavy (non-hydrogen) atoms. The summed E-state index contributed by atoms with van der Waals surface area (Å²) in [5, 5.41) is 3.43. The van der Waals surface area contributed by atoms with E-state index in [1.165, 1.54) is 18.4 Å². The third kappa shape index (κ3) is 6.15. The van der Waals surface area contributed by atoms with Gasteiger partial charge in [0.25, 0.3) is 0 Å². The van der Waals surface area contributed by atoms with E-state index < -0.39 is 0 Å². The minimum Gasteiger partial charge on any atom is -0.317 e. The summed E-state index contributed by atoms with van der Waals surface area (Å²) in [6, 6.07) is 6.93. The van der Waals surface area contributed by atoms with Gasteiger partial charge in [-0.15, -0.1) is 0 Å². The number of nitrogens with one attached hydrogen (secondary N) is 1. The Balaban J connectivity index is 2.50. The molecule has 0 saturated carbocycles. The highest BCUT2D eigenvalue weighted by atomic mass is 19.1. The van der Waals surface area contributed by atoms with E-state index in [2.05, 4.69) is 26.1 Å². The van der Waals surface area contributed by atoms with Gasteiger partial charge >= 0.3 is 0 Å². The molecule has 0 aliphatic carbocycles. The SMILES string of the molecule is CCNCC(CCC(C)C)Cc1ccc(F)cc1. The summed E-state index contributed by atoms with van der Waals surface area (Å²) < 4.78 is 12.9. The van der Waals surface area contributed by atoms with E-state index >= 15 is 0 Å². The molecule has 0 aliphatic heterocycles. The Kier molecular flexibility index (Phi) is 6.96. The molecule has 1 aromatic carbocycles. The van der Waals surface area contributed by atoms with Gasteiger partial charge in [-0.25, -0.2) is 4.39 Å². The molecule has 0 amide bonds. The van der Waals surface area contributed by atoms with Crippen molar-refractivity contribution in [3.05, 3.63) is 35.6 Å². The van der Waals surface area contributed by atoms with Gasteiger partial charge in [0.2, 0.25) is 0 Å². The van der Waals surface area contributed by atoms with Crippen molar-refractivity contribution >= 4 is 0 Å². The van der Waals surface area contributed by atoms with Crippen LogP contribution in [0.1, 0.15) is 39.2 Å². The molecule has 0 saturated heterocycles. The summed E-state index contributed by atoms with van der Waals surface area (Å²) >= 11 is 0. The molecule has 1 atom stereocenters. The van der Waals surface area contributed by atoms with Crippen LogP contribution in [0.25, 0.3) is 0 Å². The molecule has 1 rings (SSSR count). The van der Waals surface area contributed by atoms with Crippen LogP contribution in [0.5, 0.6) is 0 Å². The zero-order chi connectivity index (χ0) is 13.4. The lowest BCUT2D eigenvalue weighted by Gasteiger charge is -2.18. The number of halogens is 1. The highest BCUT2D eigenvalue weighted by Gasteiger charge is 2.10. The molecule has 2 heteroatoms. The van der Waals surface area contributed by atoms with E-state index in [-0.39, 0.29) is 5.82 Å². The highest BCUT2D eigenvalue weighted by Crippen LogP contribution is 2.17. The Morgan fingerprint density at radius 2 is 1.78 bits per heavy atom. The predicted molar refractivity (Wildman–Crippen MR) is 76.2 cm³/mol. The Bertz CT molecular complexity index is 318. The Hall–Kier alpha value is -0.890. The molecule has 1 aromatic rings. The maximum absolute atomic E-state index is 12.9. The van der Waals surface area contributed by atoms with E-state index in [1.807, 2.05) is 12.1 Å². The summed E-state index contributed by atoms with van der Waals surface area (Å²) in [7, 11) is 0. The first kappa shape index (κ1) is 15.2. The number of hydrogen-bond donors (Lipinski definition) is 1. The fourth-order valence-corrected chi connectivity index (χ4v) is 2.15. The van der Waals surface area contributed by atoms with Crippen molar-refractivity contribution < 1.29 is 4.39 Å². The molecule has 102 valence electrons. The van der Waals surface area contributed by atoms with Crippen LogP contribution in [0, 0.1) is 17.7 Å². The zero-order valence-electron chi connectivity index (χ0n) is 11.9. The van der Waals surface area contributed by atoms with Crippen molar-refractivity contribution in [1.29, 1.82) is 0 Å². The van der Waals surface area contributed by atoms with Crippen LogP contribution in [0.2, 0.25) is 0 Å². The van der Waals surface area contributed by atoms with Crippen molar-refractivity contribution in [1.82, 2.24) is 5.32 Å². The summed E-state index contributed by atoms with van der Waals surface area (Å²) in [5.74, 6) is 1.25. The molecule has 1 N–H and O–H groups in total. The maximum Gasteiger partial charge on any atom is 0.123 e. The van der Waals surface area contributed by atoms with Crippen LogP contribution >= 0.6 is 0 Å². The molecule has 1 unspecified atom stereocenters. The third-order valence-corrected chi connectivity index (χ3v) is 3.27. The van der Waals surface area contributed by atoms with Gasteiger partial charge in [-0.05, 0) is 55.5 Å². The normalized spacial score (nSPS) is 12.9. The molecule has 0 heterocycles. The van der Waals surface area contributed by atoms with Gasteiger partial charge in [0.1, 0.15) is 5.82 Å². The molecule has 0 aromatic heterocycles. The number of benzene rings is 1. The van der Waals surface area contributed by atoms with E-state index in [9.17, 15) is 4.39 Å². The van der Waals surface area contributed by atoms with Crippen molar-refractivity contribution in [2.45, 2.75) is 40.0 Å². The summed E-state index contributed by atoms with van der Waals surface area (Å²) in [5.41, 5.74) is 1.24. The molecular weight excluding hydrogens is 225 g/mol. The minimum absolute atomic E-state index is 0.149. The second-order valence-corrected chi connectivity index (χ2v) is 5.48. The van der Waals surface area contributed by atoms with E-state index in [0.29, 0.717) is 5.92 Å². The van der Waals surface area contributed by atoms with E-state index in [1.54, 1.807) is 12.1 Å². The van der Waals surface area contributed by atoms with Crippen LogP contribution in [-0.4, -0.2) is 13.1 Å². The molecule has 0 bridgehead atoms. The molecule has 0 radical (unpaired) electrons. The average molecular weight is 251 g/mol. The molecule has 1 nitrogen and oxygen atoms in total. The first-order valence-electron chi connectivity index (χ1n) is 7.07. The highest BCUT2D eigenvalue weighted by molar-refractivity contribution is 5.16. The summed E-state index contributed by atoms with van der Waals surface area (Å²) in [4.78, 5) is 0. The lowest BCUT2D eigenvalue weighted by molar-refractivity contribution is 0.402. The van der Waals surface area contributed by atoms with Crippen LogP contribution in [0.15, 0.2) is 24.3 Å². The lowest BCUT2D eigenvalue weighted by atomic mass is 9.92. The largest absolute Gasteiger partial charge is 0.317 e. The number of hydrogen-bond acceptors (Lipinski definition) is 1. The fraction of sp³-hybridized carbons (Fsp3) is 0.625. The summed E-state index contributed by atoms with van der Waals surface area (Å²) in [6.45, 7) is 8.74. The molecule has 0 aliphatic rings. The topological polar surface area (TPSA) is 12.0 Å². The summed E-state index contributed by atoms with van der Waals surface area (Å²) in [6.07, 6.45) is 3.54. The monoisotopic (exact) mass is 251 g/mol. The van der Waals surface area contributed by atoms with Crippen LogP contribution in [0.4, 0.5) is 4.39 Å². The van der Waals surface area contributed by atoms with Crippen molar-refractivity contribution in [2.75, 3.05) is 13.1 Å². The van der Waals surface area contributed by atoms with Crippen LogP contribution in [0.3, 0.4) is 0 Å². The van der Waals surface area contributed by atoms with Crippen molar-refractivity contribution in [3.63, 3.8) is 0 Å². The van der Waals surface area contributed by atoms with Crippen LogP contribution < -0.4 is 5.32 Å². The second kappa shape index (κ2) is 8.25. The van der Waals surface area contributed by atoms with Crippen molar-refractivity contribution in [2.24, 2.45) is 11.8 Å². The second-order valence-electron chi connectivity index (χ2n) is 5.48. The molecular formula is C16H26FN. The molecule has 0 fully saturated rings. The van der Waals surface area contributed by atoms with E-state index in [4.69, 9.17) is 0 Å². The van der Waals surface area contributed by atoms with E-state index in [0.717, 1.165) is 25.4 Å². The quantitative estimate of drug-likeness (QED) is 0.735. The van der Waals surface area contributed by atoms with Crippen LogP contribution in [-0.2, 0) is 6.42 Å². The average Bonchev–Trinajstić information content (AvgIpc) is 2.35. The smallest absolute Gasteiger partial charge is 0.123 e. The van der Waals surface area contributed by atoms with Crippen molar-refractivity contribution in [3.8, 4) is 0 Å². The predicted octanol–water partition coefficient (Wildman–Crippen LogP) is 4.03.